The Morgan fingerprint density at radius 2 is 1.60 bits per heavy atom. The Bertz CT molecular complexity index is 1620. The van der Waals surface area contributed by atoms with Crippen molar-refractivity contribution in [3.05, 3.63) is 52.4 Å². The van der Waals surface area contributed by atoms with E-state index in [1.165, 1.54) is 57.7 Å². The van der Waals surface area contributed by atoms with Gasteiger partial charge in [0.2, 0.25) is 12.0 Å². The van der Waals surface area contributed by atoms with E-state index >= 15 is 0 Å². The number of phenols is 1. The second kappa shape index (κ2) is 13.9. The summed E-state index contributed by atoms with van der Waals surface area (Å²) in [7, 11) is 3.87. The fraction of sp³-hybridized carbons (Fsp3) is 0.467. The average Bonchev–Trinajstić information content (AvgIpc) is 3.38. The fourth-order valence-corrected chi connectivity index (χ4v) is 5.07. The van der Waals surface area contributed by atoms with E-state index in [1.807, 2.05) is 0 Å². The minimum atomic E-state index is -2.11. The lowest BCUT2D eigenvalue weighted by Crippen LogP contribution is -2.60. The van der Waals surface area contributed by atoms with Crippen LogP contribution < -0.4 is 24.6 Å². The molecule has 256 valence electrons. The molecule has 3 heterocycles. The van der Waals surface area contributed by atoms with Crippen LogP contribution in [0.1, 0.15) is 10.4 Å². The van der Waals surface area contributed by atoms with Gasteiger partial charge in [-0.2, -0.15) is 0 Å². The maximum absolute atomic E-state index is 13.1. The van der Waals surface area contributed by atoms with Gasteiger partial charge in [0.1, 0.15) is 30.0 Å². The minimum absolute atomic E-state index is 0.0248. The van der Waals surface area contributed by atoms with Gasteiger partial charge in [-0.15, -0.1) is 0 Å². The molecule has 0 bridgehead atoms. The predicted molar refractivity (Wildman–Crippen MR) is 154 cm³/mol. The number of hydrogen-bond acceptors (Lipinski definition) is 17. The Balaban J connectivity index is 1.32. The van der Waals surface area contributed by atoms with Crippen LogP contribution in [-0.2, 0) is 18.9 Å². The van der Waals surface area contributed by atoms with Crippen molar-refractivity contribution in [2.45, 2.75) is 48.7 Å². The smallest absolute Gasteiger partial charge is 0.338 e. The molecular weight excluding hydrogens is 632 g/mol. The number of aliphatic hydroxyl groups is 5. The van der Waals surface area contributed by atoms with Crippen molar-refractivity contribution in [3.63, 3.8) is 0 Å². The number of fused-ring (bicyclic) bond motifs is 1. The van der Waals surface area contributed by atoms with E-state index in [2.05, 4.69) is 0 Å². The summed E-state index contributed by atoms with van der Waals surface area (Å²) >= 11 is 0. The fourth-order valence-electron chi connectivity index (χ4n) is 5.07. The Morgan fingerprint density at radius 3 is 2.23 bits per heavy atom. The maximum Gasteiger partial charge on any atom is 0.338 e. The molecule has 17 nitrogen and oxygen atoms in total. The number of aromatic hydroxyl groups is 1. The van der Waals surface area contributed by atoms with Crippen LogP contribution in [0.4, 0.5) is 0 Å². The molecule has 17 heteroatoms. The molecule has 0 spiro atoms. The second-order valence-corrected chi connectivity index (χ2v) is 10.8. The lowest BCUT2D eigenvalue weighted by Gasteiger charge is -2.40. The lowest BCUT2D eigenvalue weighted by atomic mass is 9.99. The van der Waals surface area contributed by atoms with Crippen LogP contribution >= 0.6 is 0 Å². The van der Waals surface area contributed by atoms with Crippen LogP contribution in [0.15, 0.2) is 45.6 Å². The monoisotopic (exact) mass is 666 g/mol. The van der Waals surface area contributed by atoms with Crippen LogP contribution in [0.25, 0.3) is 11.0 Å². The van der Waals surface area contributed by atoms with Crippen molar-refractivity contribution in [3.8, 4) is 28.7 Å². The molecule has 0 saturated carbocycles. The van der Waals surface area contributed by atoms with Gasteiger partial charge < -0.3 is 73.0 Å². The Labute approximate surface area is 265 Å². The molecule has 1 aromatic heterocycles. The van der Waals surface area contributed by atoms with Gasteiger partial charge in [-0.3, -0.25) is 0 Å². The van der Waals surface area contributed by atoms with Gasteiger partial charge in [0.15, 0.2) is 41.0 Å². The average molecular weight is 667 g/mol. The third-order valence-electron chi connectivity index (χ3n) is 7.74. The first-order chi connectivity index (χ1) is 22.4. The minimum Gasteiger partial charge on any atom is -0.502 e. The molecule has 0 amide bonds. The molecule has 0 radical (unpaired) electrons. The highest BCUT2D eigenvalue weighted by molar-refractivity contribution is 5.91. The van der Waals surface area contributed by atoms with E-state index in [0.29, 0.717) is 5.39 Å². The van der Waals surface area contributed by atoms with Crippen LogP contribution in [0.2, 0.25) is 0 Å². The summed E-state index contributed by atoms with van der Waals surface area (Å²) in [6.45, 7) is -1.98. The second-order valence-electron chi connectivity index (χ2n) is 10.8. The summed E-state index contributed by atoms with van der Waals surface area (Å²) in [6, 6.07) is 7.91. The van der Waals surface area contributed by atoms with Gasteiger partial charge in [-0.05, 0) is 24.3 Å². The standard InChI is InChI=1S/C30H34O17/c1-39-16-6-13-4-5-21(32)44-15(13)9-17(16)45-28-25(36)24(35)23(34)20(46-28)10-42-29-26(30(38,11-31)12-43-29)47-27(37)14-7-18(40-2)22(33)19(8-14)41-3/h4-9,20,23-26,28-29,31,33-36,38H,10-12H2,1-3H3. The van der Waals surface area contributed by atoms with E-state index in [-0.39, 0.29) is 39.9 Å². The first kappa shape index (κ1) is 34.1. The molecule has 2 aromatic carbocycles. The van der Waals surface area contributed by atoms with E-state index in [4.69, 9.17) is 42.3 Å². The van der Waals surface area contributed by atoms with Crippen LogP contribution in [-0.4, -0.2) is 126 Å². The Hall–Kier alpha value is -4.20. The van der Waals surface area contributed by atoms with Crippen molar-refractivity contribution in [2.75, 3.05) is 41.2 Å². The summed E-state index contributed by atoms with van der Waals surface area (Å²) in [5, 5.41) is 63.4. The highest BCUT2D eigenvalue weighted by atomic mass is 16.7. The van der Waals surface area contributed by atoms with Crippen molar-refractivity contribution in [1.82, 2.24) is 0 Å². The summed E-state index contributed by atoms with van der Waals surface area (Å²) in [5.41, 5.74) is -2.74. The lowest BCUT2D eigenvalue weighted by molar-refractivity contribution is -0.289. The molecule has 5 rings (SSSR count). The molecule has 8 unspecified atom stereocenters. The van der Waals surface area contributed by atoms with Gasteiger partial charge in [0.05, 0.1) is 46.7 Å². The van der Waals surface area contributed by atoms with E-state index in [9.17, 15) is 40.2 Å². The quantitative estimate of drug-likeness (QED) is 0.107. The number of phenolic OH excluding ortho intramolecular Hbond substituents is 1. The number of esters is 1. The third kappa shape index (κ3) is 6.78. The Morgan fingerprint density at radius 1 is 0.915 bits per heavy atom. The molecule has 6 N–H and O–H groups in total. The highest BCUT2D eigenvalue weighted by Crippen LogP contribution is 2.39. The molecule has 47 heavy (non-hydrogen) atoms. The van der Waals surface area contributed by atoms with Crippen LogP contribution in [0, 0.1) is 0 Å². The number of rotatable bonds is 11. The zero-order valence-electron chi connectivity index (χ0n) is 25.3. The van der Waals surface area contributed by atoms with Crippen LogP contribution in [0.5, 0.6) is 28.7 Å². The SMILES string of the molecule is COc1cc2ccc(=O)oc2cc1OC1OC(COC2OCC(O)(CO)C2OC(=O)c2cc(OC)c(O)c(OC)c2)C(O)C(O)C1O. The van der Waals surface area contributed by atoms with Gasteiger partial charge >= 0.3 is 11.6 Å². The van der Waals surface area contributed by atoms with Crippen molar-refractivity contribution in [1.29, 1.82) is 0 Å². The first-order valence-corrected chi connectivity index (χ1v) is 14.1. The van der Waals surface area contributed by atoms with E-state index in [0.717, 1.165) is 0 Å². The zero-order valence-corrected chi connectivity index (χ0v) is 25.3. The van der Waals surface area contributed by atoms with Gasteiger partial charge in [-0.25, -0.2) is 9.59 Å². The normalized spacial score (nSPS) is 29.0. The van der Waals surface area contributed by atoms with Crippen LogP contribution in [0.3, 0.4) is 0 Å². The largest absolute Gasteiger partial charge is 0.502 e. The summed E-state index contributed by atoms with van der Waals surface area (Å²) in [4.78, 5) is 24.8. The molecular formula is C30H34O17. The van der Waals surface area contributed by atoms with Crippen molar-refractivity contribution >= 4 is 16.9 Å². The van der Waals surface area contributed by atoms with Gasteiger partial charge in [0, 0.05) is 17.5 Å². The third-order valence-corrected chi connectivity index (χ3v) is 7.74. The summed E-state index contributed by atoms with van der Waals surface area (Å²) < 4.78 is 48.8. The maximum atomic E-state index is 13.1. The predicted octanol–water partition coefficient (Wildman–Crippen LogP) is -0.967. The molecule has 3 aromatic rings. The Kier molecular flexibility index (Phi) is 10.1. The molecule has 2 aliphatic rings. The number of carbonyl (C=O) groups excluding carboxylic acids is 1. The van der Waals surface area contributed by atoms with Gasteiger partial charge in [0.25, 0.3) is 0 Å². The number of methoxy groups -OCH3 is 3. The van der Waals surface area contributed by atoms with Crippen molar-refractivity contribution < 1.29 is 77.7 Å². The van der Waals surface area contributed by atoms with Crippen molar-refractivity contribution in [2.24, 2.45) is 0 Å². The number of hydrogen-bond donors (Lipinski definition) is 6. The molecule has 2 saturated heterocycles. The van der Waals surface area contributed by atoms with E-state index in [1.54, 1.807) is 0 Å². The summed E-state index contributed by atoms with van der Waals surface area (Å²) in [5.74, 6) is -1.45. The zero-order chi connectivity index (χ0) is 34.0. The molecule has 0 aliphatic carbocycles. The first-order valence-electron chi connectivity index (χ1n) is 14.1. The topological polar surface area (TPSA) is 242 Å². The van der Waals surface area contributed by atoms with E-state index < -0.39 is 80.1 Å². The number of ether oxygens (including phenoxy) is 8. The molecule has 2 fully saturated rings. The van der Waals surface area contributed by atoms with Gasteiger partial charge in [-0.1, -0.05) is 0 Å². The summed E-state index contributed by atoms with van der Waals surface area (Å²) in [6.07, 6.45) is -11.4. The number of aliphatic hydroxyl groups excluding tert-OH is 4. The molecule has 8 atom stereocenters. The number of carbonyl (C=O) groups is 1. The number of benzene rings is 2. The highest BCUT2D eigenvalue weighted by Gasteiger charge is 2.53. The molecule has 2 aliphatic heterocycles.